The Hall–Kier alpha value is -2.43. The molecule has 110 valence electrons. The van der Waals surface area contributed by atoms with Gasteiger partial charge in [-0.25, -0.2) is 9.37 Å². The second-order valence-corrected chi connectivity index (χ2v) is 5.21. The molecule has 1 heterocycles. The van der Waals surface area contributed by atoms with Gasteiger partial charge in [0.1, 0.15) is 11.6 Å². The average Bonchev–Trinajstić information content (AvgIpc) is 2.42. The van der Waals surface area contributed by atoms with E-state index in [1.165, 1.54) is 12.1 Å². The first kappa shape index (κ1) is 15.0. The van der Waals surface area contributed by atoms with Gasteiger partial charge in [0.15, 0.2) is 0 Å². The van der Waals surface area contributed by atoms with Gasteiger partial charge >= 0.3 is 0 Å². The van der Waals surface area contributed by atoms with Gasteiger partial charge in [0.05, 0.1) is 11.9 Å². The van der Waals surface area contributed by atoms with E-state index in [9.17, 15) is 9.18 Å². The minimum atomic E-state index is -0.281. The highest BCUT2D eigenvalue weighted by Crippen LogP contribution is 2.16. The van der Waals surface area contributed by atoms with E-state index in [1.54, 1.807) is 30.5 Å². The molecule has 4 nitrogen and oxygen atoms in total. The van der Waals surface area contributed by atoms with E-state index in [4.69, 9.17) is 0 Å². The molecule has 21 heavy (non-hydrogen) atoms. The fraction of sp³-hybridized carbons (Fsp3) is 0.250. The zero-order valence-electron chi connectivity index (χ0n) is 12.1. The van der Waals surface area contributed by atoms with E-state index in [0.29, 0.717) is 23.8 Å². The Bertz CT molecular complexity index is 594. The van der Waals surface area contributed by atoms with Crippen LogP contribution in [0.25, 0.3) is 0 Å². The second kappa shape index (κ2) is 6.83. The van der Waals surface area contributed by atoms with Crippen LogP contribution in [0, 0.1) is 11.7 Å². The molecule has 0 spiro atoms. The summed E-state index contributed by atoms with van der Waals surface area (Å²) >= 11 is 0. The van der Waals surface area contributed by atoms with Crippen molar-refractivity contribution in [1.82, 2.24) is 4.98 Å². The first-order chi connectivity index (χ1) is 10.0. The lowest BCUT2D eigenvalue weighted by Crippen LogP contribution is -2.13. The number of nitrogens with one attached hydrogen (secondary N) is 2. The summed E-state index contributed by atoms with van der Waals surface area (Å²) in [6.45, 7) is 3.99. The Kier molecular flexibility index (Phi) is 4.87. The summed E-state index contributed by atoms with van der Waals surface area (Å²) in [6.07, 6.45) is 2.07. The fourth-order valence-corrected chi connectivity index (χ4v) is 1.81. The summed E-state index contributed by atoms with van der Waals surface area (Å²) < 4.78 is 12.8. The third-order valence-electron chi connectivity index (χ3n) is 2.76. The van der Waals surface area contributed by atoms with Crippen molar-refractivity contribution in [2.75, 3.05) is 10.6 Å². The monoisotopic (exact) mass is 287 g/mol. The molecule has 0 saturated carbocycles. The molecule has 0 atom stereocenters. The molecular weight excluding hydrogens is 269 g/mol. The Morgan fingerprint density at radius 2 is 1.81 bits per heavy atom. The van der Waals surface area contributed by atoms with Crippen LogP contribution < -0.4 is 10.6 Å². The number of anilines is 3. The van der Waals surface area contributed by atoms with Crippen LogP contribution >= 0.6 is 0 Å². The zero-order valence-corrected chi connectivity index (χ0v) is 12.1. The molecule has 1 amide bonds. The minimum absolute atomic E-state index is 0.0222. The number of hydrogen-bond donors (Lipinski definition) is 2. The molecular formula is C16H18FN3O. The summed E-state index contributed by atoms with van der Waals surface area (Å²) in [7, 11) is 0. The van der Waals surface area contributed by atoms with Gasteiger partial charge in [-0.1, -0.05) is 13.8 Å². The normalized spacial score (nSPS) is 10.5. The first-order valence-corrected chi connectivity index (χ1v) is 6.81. The van der Waals surface area contributed by atoms with Crippen LogP contribution in [0.4, 0.5) is 21.6 Å². The van der Waals surface area contributed by atoms with Crippen LogP contribution in [-0.2, 0) is 4.79 Å². The van der Waals surface area contributed by atoms with Crippen LogP contribution in [0.5, 0.6) is 0 Å². The smallest absolute Gasteiger partial charge is 0.224 e. The van der Waals surface area contributed by atoms with Crippen LogP contribution in [0.2, 0.25) is 0 Å². The molecule has 0 bridgehead atoms. The van der Waals surface area contributed by atoms with Crippen molar-refractivity contribution in [3.63, 3.8) is 0 Å². The topological polar surface area (TPSA) is 54.0 Å². The number of hydrogen-bond acceptors (Lipinski definition) is 3. The summed E-state index contributed by atoms with van der Waals surface area (Å²) in [6, 6.07) is 9.56. The van der Waals surface area contributed by atoms with Crippen molar-refractivity contribution in [1.29, 1.82) is 0 Å². The van der Waals surface area contributed by atoms with E-state index in [1.807, 2.05) is 13.8 Å². The Morgan fingerprint density at radius 3 is 2.38 bits per heavy atom. The van der Waals surface area contributed by atoms with Gasteiger partial charge in [-0.05, 0) is 42.3 Å². The summed E-state index contributed by atoms with van der Waals surface area (Å²) in [5, 5.41) is 5.85. The maximum absolute atomic E-state index is 12.8. The predicted molar refractivity (Wildman–Crippen MR) is 82.0 cm³/mol. The van der Waals surface area contributed by atoms with Crippen molar-refractivity contribution in [3.05, 3.63) is 48.4 Å². The van der Waals surface area contributed by atoms with Gasteiger partial charge < -0.3 is 10.6 Å². The molecule has 1 aromatic carbocycles. The lowest BCUT2D eigenvalue weighted by atomic mass is 10.1. The molecule has 0 aliphatic rings. The molecule has 0 aliphatic carbocycles. The third-order valence-corrected chi connectivity index (χ3v) is 2.76. The summed E-state index contributed by atoms with van der Waals surface area (Å²) in [5.41, 5.74) is 1.41. The number of benzene rings is 1. The highest BCUT2D eigenvalue weighted by Gasteiger charge is 2.05. The minimum Gasteiger partial charge on any atom is -0.340 e. The van der Waals surface area contributed by atoms with Crippen LogP contribution in [-0.4, -0.2) is 10.9 Å². The number of halogens is 1. The average molecular weight is 287 g/mol. The third kappa shape index (κ3) is 4.87. The number of aromatic nitrogens is 1. The number of pyridine rings is 1. The molecule has 0 radical (unpaired) electrons. The van der Waals surface area contributed by atoms with Crippen molar-refractivity contribution >= 4 is 23.1 Å². The Balaban J connectivity index is 1.95. The summed E-state index contributed by atoms with van der Waals surface area (Å²) in [5.74, 6) is 0.642. The van der Waals surface area contributed by atoms with Gasteiger partial charge in [-0.3, -0.25) is 4.79 Å². The van der Waals surface area contributed by atoms with Crippen molar-refractivity contribution in [3.8, 4) is 0 Å². The van der Waals surface area contributed by atoms with Gasteiger partial charge in [0.25, 0.3) is 0 Å². The largest absolute Gasteiger partial charge is 0.340 e. The number of amides is 1. The highest BCUT2D eigenvalue weighted by molar-refractivity contribution is 5.90. The van der Waals surface area contributed by atoms with Crippen LogP contribution in [0.15, 0.2) is 42.6 Å². The number of carbonyl (C=O) groups excluding carboxylic acids is 1. The SMILES string of the molecule is CC(C)CC(=O)Nc1ccc(Nc2ccc(F)cc2)nc1. The molecule has 0 unspecified atom stereocenters. The van der Waals surface area contributed by atoms with E-state index in [2.05, 4.69) is 15.6 Å². The van der Waals surface area contributed by atoms with Gasteiger partial charge in [0.2, 0.25) is 5.91 Å². The lowest BCUT2D eigenvalue weighted by molar-refractivity contribution is -0.116. The fourth-order valence-electron chi connectivity index (χ4n) is 1.81. The quantitative estimate of drug-likeness (QED) is 0.875. The van der Waals surface area contributed by atoms with Gasteiger partial charge in [-0.2, -0.15) is 0 Å². The van der Waals surface area contributed by atoms with Crippen LogP contribution in [0.3, 0.4) is 0 Å². The Labute approximate surface area is 123 Å². The van der Waals surface area contributed by atoms with E-state index >= 15 is 0 Å². The molecule has 0 saturated heterocycles. The zero-order chi connectivity index (χ0) is 15.2. The van der Waals surface area contributed by atoms with E-state index < -0.39 is 0 Å². The van der Waals surface area contributed by atoms with Crippen molar-refractivity contribution in [2.24, 2.45) is 5.92 Å². The maximum atomic E-state index is 12.8. The number of nitrogens with zero attached hydrogens (tertiary/aromatic N) is 1. The Morgan fingerprint density at radius 1 is 1.14 bits per heavy atom. The molecule has 2 aromatic rings. The van der Waals surface area contributed by atoms with Crippen molar-refractivity contribution < 1.29 is 9.18 Å². The molecule has 5 heteroatoms. The van der Waals surface area contributed by atoms with Gasteiger partial charge in [-0.15, -0.1) is 0 Å². The summed E-state index contributed by atoms with van der Waals surface area (Å²) in [4.78, 5) is 15.8. The molecule has 0 fully saturated rings. The standard InChI is InChI=1S/C16H18FN3O/c1-11(2)9-16(21)20-14-7-8-15(18-10-14)19-13-5-3-12(17)4-6-13/h3-8,10-11H,9H2,1-2H3,(H,18,19)(H,20,21). The van der Waals surface area contributed by atoms with Crippen LogP contribution in [0.1, 0.15) is 20.3 Å². The second-order valence-electron chi connectivity index (χ2n) is 5.21. The van der Waals surface area contributed by atoms with Crippen molar-refractivity contribution in [2.45, 2.75) is 20.3 Å². The van der Waals surface area contributed by atoms with E-state index in [-0.39, 0.29) is 11.7 Å². The lowest BCUT2D eigenvalue weighted by Gasteiger charge is -2.09. The maximum Gasteiger partial charge on any atom is 0.224 e. The molecule has 0 aliphatic heterocycles. The highest BCUT2D eigenvalue weighted by atomic mass is 19.1. The predicted octanol–water partition coefficient (Wildman–Crippen LogP) is 3.95. The van der Waals surface area contributed by atoms with E-state index in [0.717, 1.165) is 5.69 Å². The number of rotatable bonds is 5. The molecule has 2 rings (SSSR count). The van der Waals surface area contributed by atoms with Gasteiger partial charge in [0, 0.05) is 12.1 Å². The number of carbonyl (C=O) groups is 1. The molecule has 2 N–H and O–H groups in total. The molecule has 1 aromatic heterocycles. The first-order valence-electron chi connectivity index (χ1n) is 6.81.